The minimum atomic E-state index is 0. The molecule has 1 unspecified atom stereocenters. The molecule has 1 aromatic rings. The molecule has 1 aliphatic rings. The maximum absolute atomic E-state index is 12.2. The third-order valence-electron chi connectivity index (χ3n) is 4.57. The fourth-order valence-corrected chi connectivity index (χ4v) is 2.96. The summed E-state index contributed by atoms with van der Waals surface area (Å²) in [6, 6.07) is 6.05. The van der Waals surface area contributed by atoms with Gasteiger partial charge in [-0.25, -0.2) is 0 Å². The zero-order chi connectivity index (χ0) is 14.5. The number of halogens is 1. The molecule has 4 heteroatoms. The molecule has 0 bridgehead atoms. The number of nitrogens with one attached hydrogen (secondary N) is 2. The van der Waals surface area contributed by atoms with Gasteiger partial charge in [0.1, 0.15) is 0 Å². The van der Waals surface area contributed by atoms with Crippen LogP contribution < -0.4 is 10.6 Å². The Hall–Kier alpha value is -1.06. The number of carbonyl (C=O) groups is 1. The van der Waals surface area contributed by atoms with Gasteiger partial charge in [-0.1, -0.05) is 19.1 Å². The molecular weight excluding hydrogens is 284 g/mol. The normalized spacial score (nSPS) is 16.9. The summed E-state index contributed by atoms with van der Waals surface area (Å²) in [5, 5.41) is 6.44. The van der Waals surface area contributed by atoms with E-state index in [9.17, 15) is 4.79 Å². The molecule has 1 fully saturated rings. The molecule has 118 valence electrons. The molecule has 2 N–H and O–H groups in total. The molecule has 0 aromatic heterocycles. The number of anilines is 1. The van der Waals surface area contributed by atoms with Gasteiger partial charge in [-0.2, -0.15) is 0 Å². The van der Waals surface area contributed by atoms with Gasteiger partial charge in [0.15, 0.2) is 0 Å². The molecule has 0 radical (unpaired) electrons. The van der Waals surface area contributed by atoms with Gasteiger partial charge in [0.25, 0.3) is 0 Å². The second-order valence-electron chi connectivity index (χ2n) is 6.06. The van der Waals surface area contributed by atoms with Crippen molar-refractivity contribution >= 4 is 24.0 Å². The summed E-state index contributed by atoms with van der Waals surface area (Å²) < 4.78 is 0. The van der Waals surface area contributed by atoms with E-state index in [0.717, 1.165) is 24.3 Å². The molecule has 1 aromatic carbocycles. The largest absolute Gasteiger partial charge is 0.326 e. The van der Waals surface area contributed by atoms with Gasteiger partial charge in [0.05, 0.1) is 0 Å². The van der Waals surface area contributed by atoms with E-state index in [-0.39, 0.29) is 18.3 Å². The first kappa shape index (κ1) is 18.0. The van der Waals surface area contributed by atoms with Crippen molar-refractivity contribution in [2.75, 3.05) is 18.4 Å². The summed E-state index contributed by atoms with van der Waals surface area (Å²) in [7, 11) is 0. The van der Waals surface area contributed by atoms with E-state index in [4.69, 9.17) is 0 Å². The van der Waals surface area contributed by atoms with Gasteiger partial charge in [0, 0.05) is 12.1 Å². The first-order chi connectivity index (χ1) is 9.58. The smallest absolute Gasteiger partial charge is 0.224 e. The number of benzene rings is 1. The fourth-order valence-electron chi connectivity index (χ4n) is 2.96. The molecule has 1 saturated heterocycles. The molecule has 1 aliphatic heterocycles. The van der Waals surface area contributed by atoms with Gasteiger partial charge in [-0.05, 0) is 68.8 Å². The third kappa shape index (κ3) is 5.01. The Morgan fingerprint density at radius 1 is 1.33 bits per heavy atom. The Morgan fingerprint density at radius 2 is 2.00 bits per heavy atom. The zero-order valence-corrected chi connectivity index (χ0v) is 14.1. The number of piperidine rings is 1. The highest BCUT2D eigenvalue weighted by Gasteiger charge is 2.22. The van der Waals surface area contributed by atoms with E-state index in [2.05, 4.69) is 37.5 Å². The summed E-state index contributed by atoms with van der Waals surface area (Å²) in [5.74, 6) is 1.28. The van der Waals surface area contributed by atoms with Crippen molar-refractivity contribution in [1.82, 2.24) is 5.32 Å². The van der Waals surface area contributed by atoms with E-state index in [1.807, 2.05) is 12.1 Å². The minimum Gasteiger partial charge on any atom is -0.326 e. The lowest BCUT2D eigenvalue weighted by Gasteiger charge is -2.28. The summed E-state index contributed by atoms with van der Waals surface area (Å²) in [4.78, 5) is 12.2. The average Bonchev–Trinajstić information content (AvgIpc) is 2.45. The number of amides is 1. The van der Waals surface area contributed by atoms with E-state index in [1.165, 1.54) is 18.4 Å². The highest BCUT2D eigenvalue weighted by atomic mass is 35.5. The topological polar surface area (TPSA) is 41.1 Å². The second kappa shape index (κ2) is 8.40. The van der Waals surface area contributed by atoms with Crippen LogP contribution in [0.2, 0.25) is 0 Å². The van der Waals surface area contributed by atoms with Gasteiger partial charge in [-0.15, -0.1) is 12.4 Å². The van der Waals surface area contributed by atoms with Crippen LogP contribution in [0.1, 0.15) is 37.3 Å². The zero-order valence-electron chi connectivity index (χ0n) is 13.2. The predicted octanol–water partition coefficient (Wildman–Crippen LogP) is 3.69. The lowest BCUT2D eigenvalue weighted by Crippen LogP contribution is -2.32. The van der Waals surface area contributed by atoms with E-state index in [0.29, 0.717) is 18.3 Å². The van der Waals surface area contributed by atoms with Crippen LogP contribution in [0.5, 0.6) is 0 Å². The fraction of sp³-hybridized carbons (Fsp3) is 0.588. The third-order valence-corrected chi connectivity index (χ3v) is 4.57. The van der Waals surface area contributed by atoms with Gasteiger partial charge >= 0.3 is 0 Å². The van der Waals surface area contributed by atoms with Gasteiger partial charge in [0.2, 0.25) is 5.91 Å². The summed E-state index contributed by atoms with van der Waals surface area (Å²) >= 11 is 0. The molecule has 21 heavy (non-hydrogen) atoms. The maximum atomic E-state index is 12.2. The number of carbonyl (C=O) groups excluding carboxylic acids is 1. The number of hydrogen-bond donors (Lipinski definition) is 2. The van der Waals surface area contributed by atoms with Crippen molar-refractivity contribution in [1.29, 1.82) is 0 Å². The van der Waals surface area contributed by atoms with Crippen molar-refractivity contribution in [2.24, 2.45) is 11.8 Å². The average molecular weight is 311 g/mol. The van der Waals surface area contributed by atoms with E-state index < -0.39 is 0 Å². The number of aryl methyl sites for hydroxylation is 1. The van der Waals surface area contributed by atoms with E-state index >= 15 is 0 Å². The molecule has 1 heterocycles. The Bertz CT molecular complexity index is 470. The Labute approximate surface area is 134 Å². The molecule has 0 aliphatic carbocycles. The molecule has 3 nitrogen and oxygen atoms in total. The standard InChI is InChI=1S/C17H26N2O.ClH/c1-12-5-4-6-16(14(12)3)19-17(20)11-13(2)15-7-9-18-10-8-15;/h4-6,13,15,18H,7-11H2,1-3H3,(H,19,20);1H. The lowest BCUT2D eigenvalue weighted by molar-refractivity contribution is -0.117. The van der Waals surface area contributed by atoms with Crippen molar-refractivity contribution in [3.05, 3.63) is 29.3 Å². The Balaban J connectivity index is 0.00000220. The van der Waals surface area contributed by atoms with Crippen LogP contribution in [0, 0.1) is 25.7 Å². The molecule has 0 saturated carbocycles. The second-order valence-corrected chi connectivity index (χ2v) is 6.06. The van der Waals surface area contributed by atoms with Crippen LogP contribution in [-0.2, 0) is 4.79 Å². The van der Waals surface area contributed by atoms with Crippen molar-refractivity contribution < 1.29 is 4.79 Å². The predicted molar refractivity (Wildman–Crippen MR) is 91.2 cm³/mol. The van der Waals surface area contributed by atoms with Crippen molar-refractivity contribution in [3.63, 3.8) is 0 Å². The van der Waals surface area contributed by atoms with Gasteiger partial charge < -0.3 is 10.6 Å². The van der Waals surface area contributed by atoms with E-state index in [1.54, 1.807) is 0 Å². The SMILES string of the molecule is Cc1cccc(NC(=O)CC(C)C2CCNCC2)c1C.Cl. The van der Waals surface area contributed by atoms with Crippen LogP contribution in [0.4, 0.5) is 5.69 Å². The van der Waals surface area contributed by atoms with Crippen LogP contribution in [-0.4, -0.2) is 19.0 Å². The molecule has 2 rings (SSSR count). The molecule has 0 spiro atoms. The monoisotopic (exact) mass is 310 g/mol. The summed E-state index contributed by atoms with van der Waals surface area (Å²) in [6.45, 7) is 8.52. The number of hydrogen-bond acceptors (Lipinski definition) is 2. The summed E-state index contributed by atoms with van der Waals surface area (Å²) in [5.41, 5.74) is 3.33. The minimum absolute atomic E-state index is 0. The first-order valence-corrected chi connectivity index (χ1v) is 7.64. The Kier molecular flexibility index (Phi) is 7.20. The van der Waals surface area contributed by atoms with Crippen LogP contribution in [0.3, 0.4) is 0 Å². The highest BCUT2D eigenvalue weighted by molar-refractivity contribution is 5.91. The highest BCUT2D eigenvalue weighted by Crippen LogP contribution is 2.25. The van der Waals surface area contributed by atoms with Crippen molar-refractivity contribution in [3.8, 4) is 0 Å². The van der Waals surface area contributed by atoms with Crippen LogP contribution >= 0.6 is 12.4 Å². The van der Waals surface area contributed by atoms with Crippen LogP contribution in [0.25, 0.3) is 0 Å². The lowest BCUT2D eigenvalue weighted by atomic mass is 9.84. The van der Waals surface area contributed by atoms with Crippen molar-refractivity contribution in [2.45, 2.75) is 40.0 Å². The molecule has 1 atom stereocenters. The quantitative estimate of drug-likeness (QED) is 0.890. The van der Waals surface area contributed by atoms with Crippen LogP contribution in [0.15, 0.2) is 18.2 Å². The van der Waals surface area contributed by atoms with Gasteiger partial charge in [-0.3, -0.25) is 4.79 Å². The summed E-state index contributed by atoms with van der Waals surface area (Å²) in [6.07, 6.45) is 3.01. The molecular formula is C17H27ClN2O. The number of rotatable bonds is 4. The maximum Gasteiger partial charge on any atom is 0.224 e. The Morgan fingerprint density at radius 3 is 2.67 bits per heavy atom. The first-order valence-electron chi connectivity index (χ1n) is 7.64. The molecule has 1 amide bonds.